The van der Waals surface area contributed by atoms with E-state index in [1.807, 2.05) is 36.4 Å². The molecular weight excluding hydrogens is 224 g/mol. The van der Waals surface area contributed by atoms with Gasteiger partial charge in [-0.05, 0) is 35.4 Å². The molecule has 2 aromatic rings. The van der Waals surface area contributed by atoms with E-state index in [1.165, 1.54) is 5.56 Å². The van der Waals surface area contributed by atoms with Gasteiger partial charge in [-0.2, -0.15) is 0 Å². The number of hydrogen-bond acceptors (Lipinski definition) is 3. The van der Waals surface area contributed by atoms with Crippen LogP contribution in [0.25, 0.3) is 0 Å². The van der Waals surface area contributed by atoms with Gasteiger partial charge in [0.05, 0.1) is 7.11 Å². The average molecular weight is 242 g/mol. The molecule has 3 nitrogen and oxygen atoms in total. The lowest BCUT2D eigenvalue weighted by Gasteiger charge is -2.20. The number of hydrogen-bond donors (Lipinski definition) is 1. The largest absolute Gasteiger partial charge is 0.497 e. The van der Waals surface area contributed by atoms with Crippen LogP contribution in [0, 0.1) is 0 Å². The van der Waals surface area contributed by atoms with E-state index in [4.69, 9.17) is 10.5 Å². The molecule has 0 aliphatic rings. The highest BCUT2D eigenvalue weighted by atomic mass is 16.5. The van der Waals surface area contributed by atoms with Crippen molar-refractivity contribution in [3.05, 3.63) is 59.9 Å². The second kappa shape index (κ2) is 5.65. The molecule has 2 N–H and O–H groups in total. The minimum absolute atomic E-state index is 0.0293. The quantitative estimate of drug-likeness (QED) is 0.896. The average Bonchev–Trinajstić information content (AvgIpc) is 2.47. The van der Waals surface area contributed by atoms with Gasteiger partial charge in [-0.1, -0.05) is 19.1 Å². The summed E-state index contributed by atoms with van der Waals surface area (Å²) < 4.78 is 5.14. The zero-order valence-electron chi connectivity index (χ0n) is 10.7. The van der Waals surface area contributed by atoms with E-state index in [0.717, 1.165) is 11.3 Å². The first-order valence-corrected chi connectivity index (χ1v) is 6.02. The Morgan fingerprint density at radius 2 is 1.61 bits per heavy atom. The Labute approximate surface area is 108 Å². The van der Waals surface area contributed by atoms with Gasteiger partial charge in [0.25, 0.3) is 0 Å². The van der Waals surface area contributed by atoms with Gasteiger partial charge in [-0.25, -0.2) is 0 Å². The maximum atomic E-state index is 6.30. The van der Waals surface area contributed by atoms with Crippen LogP contribution in [0.2, 0.25) is 0 Å². The first-order chi connectivity index (χ1) is 8.72. The number of benzene rings is 1. The summed E-state index contributed by atoms with van der Waals surface area (Å²) in [5, 5.41) is 0. The molecule has 1 aromatic carbocycles. The molecular formula is C15H18N2O. The summed E-state index contributed by atoms with van der Waals surface area (Å²) in [6.07, 6.45) is 3.60. The Morgan fingerprint density at radius 1 is 1.00 bits per heavy atom. The third-order valence-electron chi connectivity index (χ3n) is 3.27. The fourth-order valence-corrected chi connectivity index (χ4v) is 1.99. The van der Waals surface area contributed by atoms with Gasteiger partial charge in [-0.15, -0.1) is 0 Å². The lowest BCUT2D eigenvalue weighted by Crippen LogP contribution is -2.17. The van der Waals surface area contributed by atoms with Gasteiger partial charge in [0.2, 0.25) is 0 Å². The van der Waals surface area contributed by atoms with Crippen molar-refractivity contribution in [1.29, 1.82) is 0 Å². The molecule has 1 aromatic heterocycles. The maximum Gasteiger partial charge on any atom is 0.118 e. The predicted octanol–water partition coefficient (Wildman–Crippen LogP) is 2.89. The summed E-state index contributed by atoms with van der Waals surface area (Å²) >= 11 is 0. The molecule has 1 heterocycles. The van der Waals surface area contributed by atoms with Gasteiger partial charge >= 0.3 is 0 Å². The zero-order valence-corrected chi connectivity index (χ0v) is 10.7. The summed E-state index contributed by atoms with van der Waals surface area (Å²) in [6.45, 7) is 2.13. The Morgan fingerprint density at radius 3 is 2.17 bits per heavy atom. The van der Waals surface area contributed by atoms with E-state index in [-0.39, 0.29) is 12.0 Å². The third-order valence-corrected chi connectivity index (χ3v) is 3.27. The number of nitrogens with zero attached hydrogens (tertiary/aromatic N) is 1. The van der Waals surface area contributed by atoms with Crippen LogP contribution in [0.1, 0.15) is 30.0 Å². The molecule has 2 rings (SSSR count). The molecule has 0 fully saturated rings. The molecule has 2 atom stereocenters. The summed E-state index contributed by atoms with van der Waals surface area (Å²) in [5.74, 6) is 1.10. The standard InChI is InChI=1S/C15H18N2O/c1-11(12-7-9-17-10-8-12)15(16)13-3-5-14(18-2)6-4-13/h3-11,15H,16H2,1-2H3. The summed E-state index contributed by atoms with van der Waals surface area (Å²) in [7, 11) is 1.66. The zero-order chi connectivity index (χ0) is 13.0. The van der Waals surface area contributed by atoms with Gasteiger partial charge in [-0.3, -0.25) is 4.98 Å². The van der Waals surface area contributed by atoms with Crippen molar-refractivity contribution in [1.82, 2.24) is 4.98 Å². The lowest BCUT2D eigenvalue weighted by atomic mass is 9.90. The fourth-order valence-electron chi connectivity index (χ4n) is 1.99. The molecule has 0 saturated carbocycles. The van der Waals surface area contributed by atoms with Crippen molar-refractivity contribution >= 4 is 0 Å². The van der Waals surface area contributed by atoms with Crippen LogP contribution < -0.4 is 10.5 Å². The van der Waals surface area contributed by atoms with Gasteiger partial charge in [0, 0.05) is 24.4 Å². The minimum atomic E-state index is -0.0293. The SMILES string of the molecule is COc1ccc(C(N)C(C)c2ccncc2)cc1. The highest BCUT2D eigenvalue weighted by Gasteiger charge is 2.16. The van der Waals surface area contributed by atoms with Crippen LogP contribution in [-0.2, 0) is 0 Å². The smallest absolute Gasteiger partial charge is 0.118 e. The van der Waals surface area contributed by atoms with Crippen LogP contribution in [0.4, 0.5) is 0 Å². The van der Waals surface area contributed by atoms with Gasteiger partial charge in [0.1, 0.15) is 5.75 Å². The third kappa shape index (κ3) is 2.68. The highest BCUT2D eigenvalue weighted by Crippen LogP contribution is 2.28. The van der Waals surface area contributed by atoms with Crippen LogP contribution in [-0.4, -0.2) is 12.1 Å². The van der Waals surface area contributed by atoms with Crippen molar-refractivity contribution < 1.29 is 4.74 Å². The van der Waals surface area contributed by atoms with Crippen molar-refractivity contribution in [2.45, 2.75) is 18.9 Å². The fraction of sp³-hybridized carbons (Fsp3) is 0.267. The molecule has 0 radical (unpaired) electrons. The Hall–Kier alpha value is -1.87. The van der Waals surface area contributed by atoms with E-state index >= 15 is 0 Å². The van der Waals surface area contributed by atoms with Crippen molar-refractivity contribution in [2.24, 2.45) is 5.73 Å². The van der Waals surface area contributed by atoms with Crippen LogP contribution >= 0.6 is 0 Å². The summed E-state index contributed by atoms with van der Waals surface area (Å²) in [5.41, 5.74) is 8.61. The van der Waals surface area contributed by atoms with E-state index in [1.54, 1.807) is 19.5 Å². The Bertz CT molecular complexity index is 482. The summed E-state index contributed by atoms with van der Waals surface area (Å²) in [6, 6.07) is 11.9. The monoisotopic (exact) mass is 242 g/mol. The van der Waals surface area contributed by atoms with Crippen molar-refractivity contribution in [2.75, 3.05) is 7.11 Å². The highest BCUT2D eigenvalue weighted by molar-refractivity contribution is 5.31. The minimum Gasteiger partial charge on any atom is -0.497 e. The molecule has 0 aliphatic carbocycles. The molecule has 0 aliphatic heterocycles. The van der Waals surface area contributed by atoms with E-state index < -0.39 is 0 Å². The molecule has 2 unspecified atom stereocenters. The predicted molar refractivity (Wildman–Crippen MR) is 72.6 cm³/mol. The number of rotatable bonds is 4. The van der Waals surface area contributed by atoms with Gasteiger partial charge in [0.15, 0.2) is 0 Å². The van der Waals surface area contributed by atoms with E-state index in [2.05, 4.69) is 11.9 Å². The van der Waals surface area contributed by atoms with Gasteiger partial charge < -0.3 is 10.5 Å². The normalized spacial score (nSPS) is 13.9. The van der Waals surface area contributed by atoms with Crippen LogP contribution in [0.3, 0.4) is 0 Å². The van der Waals surface area contributed by atoms with Crippen molar-refractivity contribution in [3.8, 4) is 5.75 Å². The first kappa shape index (κ1) is 12.6. The molecule has 94 valence electrons. The number of ether oxygens (including phenoxy) is 1. The topological polar surface area (TPSA) is 48.1 Å². The number of methoxy groups -OCH3 is 1. The Kier molecular flexibility index (Phi) is 3.95. The Balaban J connectivity index is 2.17. The van der Waals surface area contributed by atoms with Crippen molar-refractivity contribution in [3.63, 3.8) is 0 Å². The molecule has 0 saturated heterocycles. The first-order valence-electron chi connectivity index (χ1n) is 6.02. The molecule has 0 amide bonds. The van der Waals surface area contributed by atoms with Crippen LogP contribution in [0.5, 0.6) is 5.75 Å². The second-order valence-corrected chi connectivity index (χ2v) is 4.37. The number of aromatic nitrogens is 1. The molecule has 0 spiro atoms. The maximum absolute atomic E-state index is 6.30. The number of nitrogens with two attached hydrogens (primary N) is 1. The van der Waals surface area contributed by atoms with E-state index in [9.17, 15) is 0 Å². The summed E-state index contributed by atoms with van der Waals surface area (Å²) in [4.78, 5) is 4.03. The lowest BCUT2D eigenvalue weighted by molar-refractivity contribution is 0.414. The second-order valence-electron chi connectivity index (χ2n) is 4.37. The molecule has 3 heteroatoms. The van der Waals surface area contributed by atoms with E-state index in [0.29, 0.717) is 0 Å². The van der Waals surface area contributed by atoms with Crippen LogP contribution in [0.15, 0.2) is 48.8 Å². The molecule has 0 bridgehead atoms. The number of pyridine rings is 1. The molecule has 18 heavy (non-hydrogen) atoms.